The van der Waals surface area contributed by atoms with Gasteiger partial charge in [-0.15, -0.1) is 0 Å². The number of pyridine rings is 1. The van der Waals surface area contributed by atoms with E-state index in [1.165, 1.54) is 18.4 Å². The summed E-state index contributed by atoms with van der Waals surface area (Å²) in [6.45, 7) is 0. The molecule has 0 aliphatic rings. The minimum atomic E-state index is -3.26. The van der Waals surface area contributed by atoms with Gasteiger partial charge >= 0.3 is 0 Å². The van der Waals surface area contributed by atoms with E-state index in [2.05, 4.69) is 4.98 Å². The number of hydrogen-bond donors (Lipinski definition) is 1. The first-order chi connectivity index (χ1) is 6.93. The van der Waals surface area contributed by atoms with Crippen LogP contribution in [0.15, 0.2) is 24.5 Å². The second kappa shape index (κ2) is 4.69. The van der Waals surface area contributed by atoms with E-state index in [0.29, 0.717) is 0 Å². The summed E-state index contributed by atoms with van der Waals surface area (Å²) in [5.74, 6) is -0.0932. The van der Waals surface area contributed by atoms with Crippen LogP contribution in [-0.4, -0.2) is 37.6 Å². The molecule has 0 saturated carbocycles. The van der Waals surface area contributed by atoms with Crippen molar-refractivity contribution >= 4 is 10.0 Å². The molecular weight excluding hydrogens is 214 g/mol. The lowest BCUT2D eigenvalue weighted by molar-refractivity contribution is 0.515. The lowest BCUT2D eigenvalue weighted by atomic mass is 10.1. The second-order valence-corrected chi connectivity index (χ2v) is 5.68. The third-order valence-electron chi connectivity index (χ3n) is 2.08. The third-order valence-corrected chi connectivity index (χ3v) is 3.97. The molecule has 0 spiro atoms. The molecule has 0 aliphatic carbocycles. The fourth-order valence-corrected chi connectivity index (χ4v) is 2.03. The van der Waals surface area contributed by atoms with E-state index in [1.54, 1.807) is 24.5 Å². The number of hydrogen-bond acceptors (Lipinski definition) is 4. The Labute approximate surface area is 90.0 Å². The van der Waals surface area contributed by atoms with Crippen LogP contribution in [-0.2, 0) is 10.0 Å². The van der Waals surface area contributed by atoms with Gasteiger partial charge in [-0.1, -0.05) is 0 Å². The van der Waals surface area contributed by atoms with Crippen molar-refractivity contribution < 1.29 is 8.42 Å². The molecule has 2 N–H and O–H groups in total. The second-order valence-electron chi connectivity index (χ2n) is 3.45. The average molecular weight is 229 g/mol. The average Bonchev–Trinajstić information content (AvgIpc) is 2.18. The van der Waals surface area contributed by atoms with Gasteiger partial charge < -0.3 is 5.73 Å². The maximum Gasteiger partial charge on any atom is 0.215 e. The molecule has 0 fully saturated rings. The van der Waals surface area contributed by atoms with Gasteiger partial charge in [-0.2, -0.15) is 0 Å². The quantitative estimate of drug-likeness (QED) is 0.786. The van der Waals surface area contributed by atoms with Gasteiger partial charge in [-0.25, -0.2) is 12.7 Å². The molecule has 0 aliphatic heterocycles. The maximum absolute atomic E-state index is 11.5. The van der Waals surface area contributed by atoms with E-state index in [1.807, 2.05) is 0 Å². The van der Waals surface area contributed by atoms with Gasteiger partial charge in [0.25, 0.3) is 0 Å². The first-order valence-corrected chi connectivity index (χ1v) is 6.10. The first-order valence-electron chi connectivity index (χ1n) is 4.49. The van der Waals surface area contributed by atoms with Crippen LogP contribution in [0.2, 0.25) is 0 Å². The first kappa shape index (κ1) is 12.1. The van der Waals surface area contributed by atoms with Crippen molar-refractivity contribution in [3.8, 4) is 0 Å². The summed E-state index contributed by atoms with van der Waals surface area (Å²) in [4.78, 5) is 3.84. The topological polar surface area (TPSA) is 76.3 Å². The summed E-state index contributed by atoms with van der Waals surface area (Å²) in [5.41, 5.74) is 6.56. The number of aromatic nitrogens is 1. The van der Waals surface area contributed by atoms with Crippen LogP contribution in [0.5, 0.6) is 0 Å². The molecule has 0 amide bonds. The molecule has 1 rings (SSSR count). The molecular formula is C9H15N3O2S. The number of nitrogens with two attached hydrogens (primary N) is 1. The van der Waals surface area contributed by atoms with E-state index < -0.39 is 16.1 Å². The molecule has 0 aromatic carbocycles. The van der Waals surface area contributed by atoms with Crippen LogP contribution in [0.1, 0.15) is 11.6 Å². The summed E-state index contributed by atoms with van der Waals surface area (Å²) in [6.07, 6.45) is 3.19. The number of rotatable bonds is 4. The Balaban J connectivity index is 2.77. The van der Waals surface area contributed by atoms with Crippen molar-refractivity contribution in [1.29, 1.82) is 0 Å². The summed E-state index contributed by atoms with van der Waals surface area (Å²) in [5, 5.41) is 0. The highest BCUT2D eigenvalue weighted by Crippen LogP contribution is 2.12. The van der Waals surface area contributed by atoms with Crippen molar-refractivity contribution in [3.05, 3.63) is 30.1 Å². The highest BCUT2D eigenvalue weighted by Gasteiger charge is 2.19. The molecule has 15 heavy (non-hydrogen) atoms. The van der Waals surface area contributed by atoms with Crippen LogP contribution in [0.25, 0.3) is 0 Å². The smallest absolute Gasteiger partial charge is 0.215 e. The van der Waals surface area contributed by atoms with Gasteiger partial charge in [-0.3, -0.25) is 4.98 Å². The predicted octanol–water partition coefficient (Wildman–Crippen LogP) is -0.0272. The Bertz CT molecular complexity index is 403. The van der Waals surface area contributed by atoms with Crippen molar-refractivity contribution in [2.45, 2.75) is 6.04 Å². The largest absolute Gasteiger partial charge is 0.323 e. The van der Waals surface area contributed by atoms with Gasteiger partial charge in [0.05, 0.1) is 5.75 Å². The van der Waals surface area contributed by atoms with Crippen molar-refractivity contribution in [2.24, 2.45) is 5.73 Å². The van der Waals surface area contributed by atoms with E-state index in [0.717, 1.165) is 5.56 Å². The molecule has 5 nitrogen and oxygen atoms in total. The van der Waals surface area contributed by atoms with Crippen LogP contribution >= 0.6 is 0 Å². The fourth-order valence-electron chi connectivity index (χ4n) is 1.08. The summed E-state index contributed by atoms with van der Waals surface area (Å²) >= 11 is 0. The zero-order chi connectivity index (χ0) is 11.5. The monoisotopic (exact) mass is 229 g/mol. The van der Waals surface area contributed by atoms with Gasteiger partial charge in [0.1, 0.15) is 0 Å². The summed E-state index contributed by atoms with van der Waals surface area (Å²) in [6, 6.07) is 2.92. The Morgan fingerprint density at radius 1 is 1.40 bits per heavy atom. The third kappa shape index (κ3) is 3.26. The normalized spacial score (nSPS) is 14.1. The molecule has 1 aromatic heterocycles. The van der Waals surface area contributed by atoms with Crippen LogP contribution < -0.4 is 5.73 Å². The minimum Gasteiger partial charge on any atom is -0.323 e. The van der Waals surface area contributed by atoms with Gasteiger partial charge in [0.2, 0.25) is 10.0 Å². The highest BCUT2D eigenvalue weighted by molar-refractivity contribution is 7.89. The Morgan fingerprint density at radius 3 is 2.40 bits per heavy atom. The van der Waals surface area contributed by atoms with E-state index in [-0.39, 0.29) is 5.75 Å². The molecule has 1 atom stereocenters. The number of sulfonamides is 1. The van der Waals surface area contributed by atoms with Crippen LogP contribution in [0.4, 0.5) is 0 Å². The van der Waals surface area contributed by atoms with Crippen molar-refractivity contribution in [1.82, 2.24) is 9.29 Å². The standard InChI is InChI=1S/C9H15N3O2S/c1-12(2)15(13,14)7-9(10)8-3-5-11-6-4-8/h3-6,9H,7,10H2,1-2H3. The minimum absolute atomic E-state index is 0.0932. The fraction of sp³-hybridized carbons (Fsp3) is 0.444. The van der Waals surface area contributed by atoms with Gasteiger partial charge in [-0.05, 0) is 17.7 Å². The maximum atomic E-state index is 11.5. The summed E-state index contributed by atoms with van der Waals surface area (Å²) < 4.78 is 24.3. The molecule has 0 saturated heterocycles. The molecule has 1 heterocycles. The predicted molar refractivity (Wildman–Crippen MR) is 58.6 cm³/mol. The molecule has 1 unspecified atom stereocenters. The molecule has 0 bridgehead atoms. The van der Waals surface area contributed by atoms with E-state index >= 15 is 0 Å². The molecule has 6 heteroatoms. The van der Waals surface area contributed by atoms with Crippen LogP contribution in [0, 0.1) is 0 Å². The lowest BCUT2D eigenvalue weighted by Crippen LogP contribution is -2.31. The summed E-state index contributed by atoms with van der Waals surface area (Å²) in [7, 11) is -0.268. The number of nitrogens with zero attached hydrogens (tertiary/aromatic N) is 2. The molecule has 84 valence electrons. The zero-order valence-electron chi connectivity index (χ0n) is 8.79. The zero-order valence-corrected chi connectivity index (χ0v) is 9.61. The Morgan fingerprint density at radius 2 is 1.93 bits per heavy atom. The van der Waals surface area contributed by atoms with Gasteiger partial charge in [0.15, 0.2) is 0 Å². The van der Waals surface area contributed by atoms with Crippen molar-refractivity contribution in [2.75, 3.05) is 19.8 Å². The molecule has 0 radical (unpaired) electrons. The van der Waals surface area contributed by atoms with Gasteiger partial charge in [0, 0.05) is 32.5 Å². The SMILES string of the molecule is CN(C)S(=O)(=O)CC(N)c1ccncc1. The van der Waals surface area contributed by atoms with Crippen molar-refractivity contribution in [3.63, 3.8) is 0 Å². The Kier molecular flexibility index (Phi) is 3.78. The van der Waals surface area contributed by atoms with Crippen LogP contribution in [0.3, 0.4) is 0 Å². The van der Waals surface area contributed by atoms with E-state index in [9.17, 15) is 8.42 Å². The lowest BCUT2D eigenvalue weighted by Gasteiger charge is -2.16. The highest BCUT2D eigenvalue weighted by atomic mass is 32.2. The Hall–Kier alpha value is -0.980. The van der Waals surface area contributed by atoms with E-state index in [4.69, 9.17) is 5.73 Å². The molecule has 1 aromatic rings.